The molecule has 0 aromatic carbocycles. The summed E-state index contributed by atoms with van der Waals surface area (Å²) in [7, 11) is 1.78. The first-order chi connectivity index (χ1) is 9.02. The third-order valence-electron chi connectivity index (χ3n) is 3.37. The fourth-order valence-corrected chi connectivity index (χ4v) is 2.20. The molecule has 2 aromatic heterocycles. The van der Waals surface area contributed by atoms with Crippen LogP contribution in [0.3, 0.4) is 0 Å². The van der Waals surface area contributed by atoms with Gasteiger partial charge in [-0.25, -0.2) is 9.78 Å². The molecule has 0 amide bonds. The van der Waals surface area contributed by atoms with Crippen molar-refractivity contribution in [1.82, 2.24) is 18.7 Å². The van der Waals surface area contributed by atoms with E-state index in [0.29, 0.717) is 43.0 Å². The van der Waals surface area contributed by atoms with Gasteiger partial charge in [0.05, 0.1) is 0 Å². The maximum absolute atomic E-state index is 12.4. The smallest absolute Gasteiger partial charge is 0.330 e. The van der Waals surface area contributed by atoms with Crippen molar-refractivity contribution in [2.24, 2.45) is 12.8 Å². The molecule has 104 valence electrons. The van der Waals surface area contributed by atoms with Gasteiger partial charge in [0.1, 0.15) is 5.82 Å². The Morgan fingerprint density at radius 1 is 1.26 bits per heavy atom. The standard InChI is InChI=1S/C12H19N5O2/c1-4-16-10-9(15(3)8(2)14-10)11(18)17(12(16)19)7-5-6-13/h4-7,13H2,1-3H3. The van der Waals surface area contributed by atoms with Gasteiger partial charge in [-0.1, -0.05) is 0 Å². The van der Waals surface area contributed by atoms with E-state index >= 15 is 0 Å². The Bertz CT molecular complexity index is 722. The summed E-state index contributed by atoms with van der Waals surface area (Å²) < 4.78 is 4.50. The van der Waals surface area contributed by atoms with Crippen molar-refractivity contribution in [2.75, 3.05) is 6.54 Å². The lowest BCUT2D eigenvalue weighted by Crippen LogP contribution is -2.40. The number of imidazole rings is 1. The van der Waals surface area contributed by atoms with Crippen molar-refractivity contribution in [1.29, 1.82) is 0 Å². The second-order valence-corrected chi connectivity index (χ2v) is 4.52. The van der Waals surface area contributed by atoms with Gasteiger partial charge in [-0.3, -0.25) is 13.9 Å². The van der Waals surface area contributed by atoms with Crippen molar-refractivity contribution >= 4 is 11.2 Å². The van der Waals surface area contributed by atoms with Gasteiger partial charge in [0.2, 0.25) is 0 Å². The Morgan fingerprint density at radius 2 is 1.95 bits per heavy atom. The minimum atomic E-state index is -0.313. The van der Waals surface area contributed by atoms with Crippen LogP contribution < -0.4 is 17.0 Å². The average Bonchev–Trinajstić information content (AvgIpc) is 2.66. The number of rotatable bonds is 4. The molecule has 0 bridgehead atoms. The molecule has 0 aliphatic rings. The molecule has 0 radical (unpaired) electrons. The molecular weight excluding hydrogens is 246 g/mol. The van der Waals surface area contributed by atoms with E-state index in [0.717, 1.165) is 0 Å². The number of fused-ring (bicyclic) bond motifs is 1. The minimum Gasteiger partial charge on any atom is -0.330 e. The zero-order valence-corrected chi connectivity index (χ0v) is 11.5. The molecule has 0 saturated carbocycles. The molecule has 2 aromatic rings. The second-order valence-electron chi connectivity index (χ2n) is 4.52. The second kappa shape index (κ2) is 5.00. The SMILES string of the molecule is CCn1c(=O)n(CCCN)c(=O)c2c1nc(C)n2C. The number of aromatic nitrogens is 4. The van der Waals surface area contributed by atoms with Gasteiger partial charge < -0.3 is 10.3 Å². The maximum Gasteiger partial charge on any atom is 0.332 e. The van der Waals surface area contributed by atoms with Crippen LogP contribution in [0.25, 0.3) is 11.2 Å². The van der Waals surface area contributed by atoms with Crippen molar-refractivity contribution in [3.8, 4) is 0 Å². The first kappa shape index (κ1) is 13.5. The molecular formula is C12H19N5O2. The number of nitrogens with two attached hydrogens (primary N) is 1. The monoisotopic (exact) mass is 265 g/mol. The van der Waals surface area contributed by atoms with E-state index in [4.69, 9.17) is 5.73 Å². The van der Waals surface area contributed by atoms with Crippen LogP contribution in [0.4, 0.5) is 0 Å². The highest BCUT2D eigenvalue weighted by molar-refractivity contribution is 5.70. The first-order valence-electron chi connectivity index (χ1n) is 6.39. The Labute approximate surface area is 110 Å². The largest absolute Gasteiger partial charge is 0.332 e. The summed E-state index contributed by atoms with van der Waals surface area (Å²) in [5, 5.41) is 0. The van der Waals surface area contributed by atoms with Crippen molar-refractivity contribution in [3.63, 3.8) is 0 Å². The lowest BCUT2D eigenvalue weighted by Gasteiger charge is -2.09. The lowest BCUT2D eigenvalue weighted by atomic mass is 10.4. The normalized spacial score (nSPS) is 11.4. The number of hydrogen-bond acceptors (Lipinski definition) is 4. The molecule has 0 spiro atoms. The summed E-state index contributed by atoms with van der Waals surface area (Å²) in [4.78, 5) is 29.0. The van der Waals surface area contributed by atoms with Crippen LogP contribution in [-0.2, 0) is 20.1 Å². The van der Waals surface area contributed by atoms with E-state index < -0.39 is 0 Å². The van der Waals surface area contributed by atoms with Crippen LogP contribution in [-0.4, -0.2) is 25.2 Å². The number of nitrogens with zero attached hydrogens (tertiary/aromatic N) is 4. The zero-order chi connectivity index (χ0) is 14.2. The van der Waals surface area contributed by atoms with E-state index in [9.17, 15) is 9.59 Å². The van der Waals surface area contributed by atoms with E-state index in [1.165, 1.54) is 9.13 Å². The highest BCUT2D eigenvalue weighted by Gasteiger charge is 2.17. The van der Waals surface area contributed by atoms with Crippen molar-refractivity contribution in [2.45, 2.75) is 33.4 Å². The summed E-state index contributed by atoms with van der Waals surface area (Å²) in [6.45, 7) is 4.94. The fourth-order valence-electron chi connectivity index (χ4n) is 2.20. The fraction of sp³-hybridized carbons (Fsp3) is 0.583. The Balaban J connectivity index is 2.87. The Morgan fingerprint density at radius 3 is 2.53 bits per heavy atom. The van der Waals surface area contributed by atoms with Crippen LogP contribution in [0.5, 0.6) is 0 Å². The van der Waals surface area contributed by atoms with Crippen LogP contribution in [0.1, 0.15) is 19.2 Å². The molecule has 0 fully saturated rings. The van der Waals surface area contributed by atoms with E-state index in [1.54, 1.807) is 11.6 Å². The molecule has 0 atom stereocenters. The Kier molecular flexibility index (Phi) is 3.57. The van der Waals surface area contributed by atoms with Gasteiger partial charge in [0, 0.05) is 20.1 Å². The molecule has 0 aliphatic carbocycles. The molecule has 2 rings (SSSR count). The van der Waals surface area contributed by atoms with Crippen LogP contribution in [0.2, 0.25) is 0 Å². The summed E-state index contributed by atoms with van der Waals surface area (Å²) in [5.41, 5.74) is 5.78. The molecule has 2 N–H and O–H groups in total. The van der Waals surface area contributed by atoms with Gasteiger partial charge in [0.15, 0.2) is 11.2 Å². The van der Waals surface area contributed by atoms with E-state index in [2.05, 4.69) is 4.98 Å². The van der Waals surface area contributed by atoms with Crippen LogP contribution >= 0.6 is 0 Å². The quantitative estimate of drug-likeness (QED) is 0.812. The highest BCUT2D eigenvalue weighted by Crippen LogP contribution is 2.08. The average molecular weight is 265 g/mol. The highest BCUT2D eigenvalue weighted by atomic mass is 16.2. The van der Waals surface area contributed by atoms with Crippen LogP contribution in [0, 0.1) is 6.92 Å². The molecule has 7 nitrogen and oxygen atoms in total. The van der Waals surface area contributed by atoms with Gasteiger partial charge in [0.25, 0.3) is 5.56 Å². The summed E-state index contributed by atoms with van der Waals surface area (Å²) >= 11 is 0. The molecule has 0 saturated heterocycles. The third-order valence-corrected chi connectivity index (χ3v) is 3.37. The lowest BCUT2D eigenvalue weighted by molar-refractivity contribution is 0.560. The topological polar surface area (TPSA) is 87.8 Å². The summed E-state index contributed by atoms with van der Waals surface area (Å²) in [6, 6.07) is 0. The third kappa shape index (κ3) is 1.99. The molecule has 2 heterocycles. The van der Waals surface area contributed by atoms with Gasteiger partial charge in [-0.15, -0.1) is 0 Å². The molecule has 0 unspecified atom stereocenters. The van der Waals surface area contributed by atoms with E-state index in [-0.39, 0.29) is 11.2 Å². The van der Waals surface area contributed by atoms with Gasteiger partial charge >= 0.3 is 5.69 Å². The predicted molar refractivity (Wildman–Crippen MR) is 73.3 cm³/mol. The van der Waals surface area contributed by atoms with Gasteiger partial charge in [-0.2, -0.15) is 0 Å². The first-order valence-corrected chi connectivity index (χ1v) is 6.39. The molecule has 7 heteroatoms. The Hall–Kier alpha value is -1.89. The number of aryl methyl sites for hydroxylation is 3. The predicted octanol–water partition coefficient (Wildman–Crippen LogP) is -0.426. The zero-order valence-electron chi connectivity index (χ0n) is 11.5. The van der Waals surface area contributed by atoms with E-state index in [1.807, 2.05) is 13.8 Å². The molecule has 0 aliphatic heterocycles. The maximum atomic E-state index is 12.4. The summed E-state index contributed by atoms with van der Waals surface area (Å²) in [5.74, 6) is 0.713. The van der Waals surface area contributed by atoms with Crippen molar-refractivity contribution < 1.29 is 0 Å². The summed E-state index contributed by atoms with van der Waals surface area (Å²) in [6.07, 6.45) is 0.598. The van der Waals surface area contributed by atoms with Crippen LogP contribution in [0.15, 0.2) is 9.59 Å². The number of hydrogen-bond donors (Lipinski definition) is 1. The molecule has 19 heavy (non-hydrogen) atoms. The minimum absolute atomic E-state index is 0.291. The van der Waals surface area contributed by atoms with Gasteiger partial charge in [-0.05, 0) is 26.8 Å². The van der Waals surface area contributed by atoms with Crippen molar-refractivity contribution in [3.05, 3.63) is 26.7 Å².